The third kappa shape index (κ3) is 3.02. The Balaban J connectivity index is 1.85. The largest absolute Gasteiger partial charge is 0.454 e. The molecule has 26 heavy (non-hydrogen) atoms. The highest BCUT2D eigenvalue weighted by molar-refractivity contribution is 5.90. The van der Waals surface area contributed by atoms with Crippen molar-refractivity contribution in [2.75, 3.05) is 6.79 Å². The summed E-state index contributed by atoms with van der Waals surface area (Å²) in [5.41, 5.74) is 9.12. The monoisotopic (exact) mass is 348 g/mol. The van der Waals surface area contributed by atoms with Crippen LogP contribution in [-0.2, 0) is 4.79 Å². The Morgan fingerprint density at radius 1 is 1.19 bits per heavy atom. The zero-order valence-corrected chi connectivity index (χ0v) is 14.0. The number of hydrogen-bond donors (Lipinski definition) is 2. The van der Waals surface area contributed by atoms with Gasteiger partial charge in [0, 0.05) is 17.3 Å². The molecule has 7 nitrogen and oxygen atoms in total. The topological polar surface area (TPSA) is 103 Å². The van der Waals surface area contributed by atoms with Crippen LogP contribution in [0.1, 0.15) is 11.5 Å². The number of primary amides is 1. The van der Waals surface area contributed by atoms with E-state index >= 15 is 0 Å². The molecule has 0 aliphatic carbocycles. The first-order valence-electron chi connectivity index (χ1n) is 8.02. The highest BCUT2D eigenvalue weighted by Crippen LogP contribution is 2.38. The lowest BCUT2D eigenvalue weighted by molar-refractivity contribution is -0.113. The number of aromatic amines is 1. The summed E-state index contributed by atoms with van der Waals surface area (Å²) in [6, 6.07) is 11.4. The molecule has 1 aromatic carbocycles. The number of rotatable bonds is 4. The zero-order valence-electron chi connectivity index (χ0n) is 14.0. The van der Waals surface area contributed by atoms with E-state index < -0.39 is 5.91 Å². The number of H-pyrrole nitrogens is 1. The third-order valence-electron chi connectivity index (χ3n) is 3.92. The number of carbonyl (C=O) groups is 1. The zero-order chi connectivity index (χ0) is 18.1. The van der Waals surface area contributed by atoms with Crippen LogP contribution < -0.4 is 15.2 Å². The summed E-state index contributed by atoms with van der Waals surface area (Å²) in [5.74, 6) is 1.34. The molecule has 3 aromatic rings. The van der Waals surface area contributed by atoms with Gasteiger partial charge in [0.2, 0.25) is 12.7 Å². The molecule has 0 unspecified atom stereocenters. The second-order valence-corrected chi connectivity index (χ2v) is 5.81. The van der Waals surface area contributed by atoms with Crippen LogP contribution >= 0.6 is 0 Å². The van der Waals surface area contributed by atoms with Gasteiger partial charge in [-0.25, -0.2) is 4.98 Å². The Morgan fingerprint density at radius 2 is 2.04 bits per heavy atom. The summed E-state index contributed by atoms with van der Waals surface area (Å²) in [6.45, 7) is 2.13. The number of nitrogens with zero attached hydrogens (tertiary/aromatic N) is 2. The van der Waals surface area contributed by atoms with Gasteiger partial charge in [-0.1, -0.05) is 6.07 Å². The van der Waals surface area contributed by atoms with Crippen molar-refractivity contribution in [2.24, 2.45) is 5.73 Å². The van der Waals surface area contributed by atoms with Gasteiger partial charge in [0.1, 0.15) is 5.82 Å². The SMILES string of the molecule is Cc1cccc(-c2[nH]c(/C=C/C(N)=O)nc2-c2ccc3c(c2)OCO3)n1. The summed E-state index contributed by atoms with van der Waals surface area (Å²) in [5, 5.41) is 0. The second kappa shape index (κ2) is 6.36. The first kappa shape index (κ1) is 15.9. The van der Waals surface area contributed by atoms with Crippen molar-refractivity contribution in [1.29, 1.82) is 0 Å². The number of aryl methyl sites for hydroxylation is 1. The van der Waals surface area contributed by atoms with Crippen LogP contribution in [0.3, 0.4) is 0 Å². The molecule has 1 aliphatic heterocycles. The summed E-state index contributed by atoms with van der Waals surface area (Å²) < 4.78 is 10.8. The Bertz CT molecular complexity index is 1020. The van der Waals surface area contributed by atoms with Gasteiger partial charge in [-0.2, -0.15) is 0 Å². The van der Waals surface area contributed by atoms with E-state index in [0.29, 0.717) is 23.0 Å². The Kier molecular flexibility index (Phi) is 3.89. The lowest BCUT2D eigenvalue weighted by atomic mass is 10.1. The molecule has 4 rings (SSSR count). The highest BCUT2D eigenvalue weighted by Gasteiger charge is 2.19. The number of imidazole rings is 1. The molecular formula is C19H16N4O3. The molecule has 1 aliphatic rings. The van der Waals surface area contributed by atoms with Gasteiger partial charge in [0.05, 0.1) is 17.1 Å². The molecule has 0 radical (unpaired) electrons. The van der Waals surface area contributed by atoms with Gasteiger partial charge in [0.25, 0.3) is 0 Å². The van der Waals surface area contributed by atoms with E-state index in [1.807, 2.05) is 43.3 Å². The second-order valence-electron chi connectivity index (χ2n) is 5.81. The fraction of sp³-hybridized carbons (Fsp3) is 0.105. The normalized spacial score (nSPS) is 12.7. The molecule has 7 heteroatoms. The van der Waals surface area contributed by atoms with Gasteiger partial charge < -0.3 is 20.2 Å². The molecule has 2 aromatic heterocycles. The lowest BCUT2D eigenvalue weighted by Gasteiger charge is -2.04. The van der Waals surface area contributed by atoms with E-state index in [9.17, 15) is 4.79 Å². The molecule has 130 valence electrons. The number of nitrogens with two attached hydrogens (primary N) is 1. The van der Waals surface area contributed by atoms with Gasteiger partial charge in [-0.15, -0.1) is 0 Å². The summed E-state index contributed by atoms with van der Waals surface area (Å²) >= 11 is 0. The number of pyridine rings is 1. The van der Waals surface area contributed by atoms with Crippen molar-refractivity contribution in [3.63, 3.8) is 0 Å². The number of aromatic nitrogens is 3. The van der Waals surface area contributed by atoms with Gasteiger partial charge >= 0.3 is 0 Å². The quantitative estimate of drug-likeness (QED) is 0.706. The molecule has 3 heterocycles. The van der Waals surface area contributed by atoms with Gasteiger partial charge in [0.15, 0.2) is 11.5 Å². The van der Waals surface area contributed by atoms with E-state index in [4.69, 9.17) is 15.2 Å². The number of nitrogens with one attached hydrogen (secondary N) is 1. The van der Waals surface area contributed by atoms with Crippen LogP contribution in [0.4, 0.5) is 0 Å². The predicted molar refractivity (Wildman–Crippen MR) is 96.3 cm³/mol. The fourth-order valence-corrected chi connectivity index (χ4v) is 2.75. The van der Waals surface area contributed by atoms with Crippen molar-refractivity contribution in [1.82, 2.24) is 15.0 Å². The van der Waals surface area contributed by atoms with E-state index in [1.165, 1.54) is 12.2 Å². The molecular weight excluding hydrogens is 332 g/mol. The summed E-state index contributed by atoms with van der Waals surface area (Å²) in [4.78, 5) is 23.4. The highest BCUT2D eigenvalue weighted by atomic mass is 16.7. The standard InChI is InChI=1S/C19H16N4O3/c1-11-3-2-4-13(21-11)19-18(22-17(23-19)8-7-16(20)24)12-5-6-14-15(9-12)26-10-25-14/h2-9H,10H2,1H3,(H2,20,24)(H,22,23)/b8-7+. The molecule has 0 atom stereocenters. The van der Waals surface area contributed by atoms with Gasteiger partial charge in [-0.3, -0.25) is 9.78 Å². The lowest BCUT2D eigenvalue weighted by Crippen LogP contribution is -2.05. The predicted octanol–water partition coefficient (Wildman–Crippen LogP) is 2.67. The van der Waals surface area contributed by atoms with Crippen molar-refractivity contribution in [3.05, 3.63) is 54.0 Å². The van der Waals surface area contributed by atoms with Crippen molar-refractivity contribution in [2.45, 2.75) is 6.92 Å². The molecule has 3 N–H and O–H groups in total. The maximum atomic E-state index is 11.0. The van der Waals surface area contributed by atoms with E-state index in [0.717, 1.165) is 22.6 Å². The van der Waals surface area contributed by atoms with E-state index in [1.54, 1.807) is 0 Å². The van der Waals surface area contributed by atoms with Crippen LogP contribution in [0.5, 0.6) is 11.5 Å². The van der Waals surface area contributed by atoms with Crippen molar-refractivity contribution >= 4 is 12.0 Å². The molecule has 0 saturated carbocycles. The number of fused-ring (bicyclic) bond motifs is 1. The minimum atomic E-state index is -0.540. The Hall–Kier alpha value is -3.61. The number of carbonyl (C=O) groups excluding carboxylic acids is 1. The average molecular weight is 348 g/mol. The van der Waals surface area contributed by atoms with Crippen LogP contribution in [0.25, 0.3) is 28.7 Å². The Labute approximate surface area is 149 Å². The molecule has 0 fully saturated rings. The van der Waals surface area contributed by atoms with Crippen LogP contribution in [0, 0.1) is 6.92 Å². The van der Waals surface area contributed by atoms with Gasteiger partial charge in [-0.05, 0) is 43.3 Å². The molecule has 0 bridgehead atoms. The number of amides is 1. The third-order valence-corrected chi connectivity index (χ3v) is 3.92. The molecule has 1 amide bonds. The Morgan fingerprint density at radius 3 is 2.85 bits per heavy atom. The maximum absolute atomic E-state index is 11.0. The maximum Gasteiger partial charge on any atom is 0.241 e. The number of benzene rings is 1. The smallest absolute Gasteiger partial charge is 0.241 e. The van der Waals surface area contributed by atoms with E-state index in [-0.39, 0.29) is 6.79 Å². The average Bonchev–Trinajstić information content (AvgIpc) is 3.26. The van der Waals surface area contributed by atoms with E-state index in [2.05, 4.69) is 15.0 Å². The molecule has 0 saturated heterocycles. The minimum absolute atomic E-state index is 0.207. The van der Waals surface area contributed by atoms with Crippen molar-refractivity contribution < 1.29 is 14.3 Å². The van der Waals surface area contributed by atoms with Crippen LogP contribution in [0.2, 0.25) is 0 Å². The number of ether oxygens (including phenoxy) is 2. The first-order chi connectivity index (χ1) is 12.6. The first-order valence-corrected chi connectivity index (χ1v) is 8.02. The van der Waals surface area contributed by atoms with Crippen LogP contribution in [-0.4, -0.2) is 27.7 Å². The van der Waals surface area contributed by atoms with Crippen LogP contribution in [0.15, 0.2) is 42.5 Å². The molecule has 0 spiro atoms. The summed E-state index contributed by atoms with van der Waals surface area (Å²) in [7, 11) is 0. The summed E-state index contributed by atoms with van der Waals surface area (Å²) in [6.07, 6.45) is 2.80. The van der Waals surface area contributed by atoms with Crippen molar-refractivity contribution in [3.8, 4) is 34.1 Å². The number of hydrogen-bond acceptors (Lipinski definition) is 5. The fourth-order valence-electron chi connectivity index (χ4n) is 2.75. The minimum Gasteiger partial charge on any atom is -0.454 e.